The third-order valence-corrected chi connectivity index (χ3v) is 5.34. The SMILES string of the molecule is CC(=O)c1ccc(N2CCN(Cc3cn4ccccc4c3C#N)CC2)c(F)c1. The lowest BCUT2D eigenvalue weighted by Crippen LogP contribution is -2.46. The van der Waals surface area contributed by atoms with E-state index in [1.165, 1.54) is 13.0 Å². The van der Waals surface area contributed by atoms with Gasteiger partial charge in [0, 0.05) is 56.2 Å². The van der Waals surface area contributed by atoms with Crippen LogP contribution in [0, 0.1) is 17.1 Å². The second-order valence-electron chi connectivity index (χ2n) is 7.12. The van der Waals surface area contributed by atoms with Crippen LogP contribution in [0.2, 0.25) is 0 Å². The summed E-state index contributed by atoms with van der Waals surface area (Å²) >= 11 is 0. The number of fused-ring (bicyclic) bond motifs is 1. The van der Waals surface area contributed by atoms with Gasteiger partial charge in [-0.25, -0.2) is 4.39 Å². The van der Waals surface area contributed by atoms with E-state index >= 15 is 0 Å². The second kappa shape index (κ2) is 7.45. The van der Waals surface area contributed by atoms with Crippen LogP contribution in [0.1, 0.15) is 28.4 Å². The first-order valence-electron chi connectivity index (χ1n) is 9.33. The molecule has 0 amide bonds. The molecule has 0 bridgehead atoms. The molecule has 0 aliphatic carbocycles. The molecular weight excluding hydrogens is 355 g/mol. The highest BCUT2D eigenvalue weighted by molar-refractivity contribution is 5.94. The fraction of sp³-hybridized carbons (Fsp3) is 0.273. The van der Waals surface area contributed by atoms with Crippen LogP contribution in [0.3, 0.4) is 0 Å². The van der Waals surface area contributed by atoms with E-state index in [-0.39, 0.29) is 11.6 Å². The monoisotopic (exact) mass is 376 g/mol. The van der Waals surface area contributed by atoms with Crippen LogP contribution in [0.15, 0.2) is 48.8 Å². The zero-order valence-electron chi connectivity index (χ0n) is 15.7. The van der Waals surface area contributed by atoms with E-state index < -0.39 is 0 Å². The first kappa shape index (κ1) is 18.2. The number of ketones is 1. The van der Waals surface area contributed by atoms with Crippen LogP contribution in [0.4, 0.5) is 10.1 Å². The number of Topliss-reactive ketones (excluding diaryl/α,β-unsaturated/α-hetero) is 1. The molecule has 1 fully saturated rings. The summed E-state index contributed by atoms with van der Waals surface area (Å²) in [6.45, 7) is 5.10. The molecule has 142 valence electrons. The normalized spacial score (nSPS) is 15.0. The Balaban J connectivity index is 1.45. The van der Waals surface area contributed by atoms with Crippen molar-refractivity contribution in [2.24, 2.45) is 0 Å². The third-order valence-electron chi connectivity index (χ3n) is 5.34. The molecule has 0 N–H and O–H groups in total. The minimum Gasteiger partial charge on any atom is -0.367 e. The Morgan fingerprint density at radius 3 is 2.64 bits per heavy atom. The molecule has 0 radical (unpaired) electrons. The van der Waals surface area contributed by atoms with Gasteiger partial charge in [0.1, 0.15) is 11.9 Å². The molecule has 0 atom stereocenters. The molecule has 1 aromatic carbocycles. The number of halogens is 1. The average molecular weight is 376 g/mol. The molecule has 28 heavy (non-hydrogen) atoms. The predicted octanol–water partition coefficient (Wildman–Crippen LogP) is 3.47. The van der Waals surface area contributed by atoms with Crippen molar-refractivity contribution >= 4 is 17.0 Å². The Labute approximate surface area is 163 Å². The van der Waals surface area contributed by atoms with Crippen molar-refractivity contribution < 1.29 is 9.18 Å². The molecular formula is C22H21FN4O. The van der Waals surface area contributed by atoms with Crippen molar-refractivity contribution in [2.75, 3.05) is 31.1 Å². The molecule has 0 saturated carbocycles. The standard InChI is InChI=1S/C22H21FN4O/c1-16(28)17-5-6-22(20(23)12-17)26-10-8-25(9-11-26)14-18-15-27-7-3-2-4-21(27)19(18)13-24/h2-7,12,15H,8-11,14H2,1H3. The highest BCUT2D eigenvalue weighted by Crippen LogP contribution is 2.24. The number of aromatic nitrogens is 1. The lowest BCUT2D eigenvalue weighted by molar-refractivity contribution is 0.101. The zero-order chi connectivity index (χ0) is 19.7. The van der Waals surface area contributed by atoms with Crippen molar-refractivity contribution in [3.63, 3.8) is 0 Å². The van der Waals surface area contributed by atoms with E-state index in [9.17, 15) is 14.4 Å². The number of carbonyl (C=O) groups excluding carboxylic acids is 1. The number of nitrogens with zero attached hydrogens (tertiary/aromatic N) is 4. The summed E-state index contributed by atoms with van der Waals surface area (Å²) in [5, 5.41) is 9.56. The Morgan fingerprint density at radius 2 is 1.96 bits per heavy atom. The van der Waals surface area contributed by atoms with Crippen molar-refractivity contribution in [2.45, 2.75) is 13.5 Å². The number of pyridine rings is 1. The topological polar surface area (TPSA) is 51.8 Å². The summed E-state index contributed by atoms with van der Waals surface area (Å²) in [4.78, 5) is 15.7. The van der Waals surface area contributed by atoms with Gasteiger partial charge in [0.2, 0.25) is 0 Å². The highest BCUT2D eigenvalue weighted by atomic mass is 19.1. The Hall–Kier alpha value is -3.17. The van der Waals surface area contributed by atoms with E-state index in [1.54, 1.807) is 12.1 Å². The van der Waals surface area contributed by atoms with Gasteiger partial charge in [0.15, 0.2) is 5.78 Å². The van der Waals surface area contributed by atoms with E-state index in [0.717, 1.165) is 24.2 Å². The van der Waals surface area contributed by atoms with Crippen molar-refractivity contribution in [1.29, 1.82) is 5.26 Å². The van der Waals surface area contributed by atoms with E-state index in [0.29, 0.717) is 36.4 Å². The number of rotatable bonds is 4. The third kappa shape index (κ3) is 3.37. The van der Waals surface area contributed by atoms with Crippen LogP contribution < -0.4 is 4.90 Å². The van der Waals surface area contributed by atoms with Gasteiger partial charge >= 0.3 is 0 Å². The maximum Gasteiger partial charge on any atom is 0.159 e. The zero-order valence-corrected chi connectivity index (χ0v) is 15.7. The highest BCUT2D eigenvalue weighted by Gasteiger charge is 2.21. The molecule has 5 nitrogen and oxygen atoms in total. The Kier molecular flexibility index (Phi) is 4.84. The lowest BCUT2D eigenvalue weighted by Gasteiger charge is -2.36. The van der Waals surface area contributed by atoms with Gasteiger partial charge < -0.3 is 9.30 Å². The maximum absolute atomic E-state index is 14.4. The number of hydrogen-bond donors (Lipinski definition) is 0. The summed E-state index contributed by atoms with van der Waals surface area (Å²) in [5.74, 6) is -0.491. The molecule has 1 saturated heterocycles. The van der Waals surface area contributed by atoms with Crippen LogP contribution in [-0.4, -0.2) is 41.3 Å². The molecule has 0 spiro atoms. The van der Waals surface area contributed by atoms with Crippen molar-refractivity contribution in [1.82, 2.24) is 9.30 Å². The summed E-state index contributed by atoms with van der Waals surface area (Å²) in [6.07, 6.45) is 3.96. The van der Waals surface area contributed by atoms with Gasteiger partial charge in [-0.1, -0.05) is 6.07 Å². The van der Waals surface area contributed by atoms with Gasteiger partial charge in [-0.3, -0.25) is 9.69 Å². The van der Waals surface area contributed by atoms with E-state index in [1.807, 2.05) is 39.9 Å². The largest absolute Gasteiger partial charge is 0.367 e. The smallest absolute Gasteiger partial charge is 0.159 e. The van der Waals surface area contributed by atoms with Crippen molar-refractivity contribution in [3.8, 4) is 6.07 Å². The first-order chi connectivity index (χ1) is 13.6. The molecule has 0 unspecified atom stereocenters. The molecule has 6 heteroatoms. The van der Waals surface area contributed by atoms with Crippen LogP contribution in [0.25, 0.3) is 5.52 Å². The number of anilines is 1. The number of benzene rings is 1. The fourth-order valence-corrected chi connectivity index (χ4v) is 3.80. The molecule has 3 aromatic rings. The second-order valence-corrected chi connectivity index (χ2v) is 7.12. The molecule has 2 aromatic heterocycles. The number of nitriles is 1. The van der Waals surface area contributed by atoms with Gasteiger partial charge in [-0.05, 0) is 37.3 Å². The number of piperazine rings is 1. The fourth-order valence-electron chi connectivity index (χ4n) is 3.80. The van der Waals surface area contributed by atoms with Crippen LogP contribution in [-0.2, 0) is 6.54 Å². The maximum atomic E-state index is 14.4. The molecule has 4 rings (SSSR count). The van der Waals surface area contributed by atoms with Gasteiger partial charge in [-0.2, -0.15) is 5.26 Å². The number of carbonyl (C=O) groups is 1. The molecule has 1 aliphatic heterocycles. The molecule has 3 heterocycles. The van der Waals surface area contributed by atoms with Crippen molar-refractivity contribution in [3.05, 3.63) is 71.3 Å². The molecule has 1 aliphatic rings. The average Bonchev–Trinajstić information content (AvgIpc) is 3.05. The minimum absolute atomic E-state index is 0.136. The number of hydrogen-bond acceptors (Lipinski definition) is 4. The summed E-state index contributed by atoms with van der Waals surface area (Å²) in [5.41, 5.74) is 3.58. The summed E-state index contributed by atoms with van der Waals surface area (Å²) in [7, 11) is 0. The summed E-state index contributed by atoms with van der Waals surface area (Å²) in [6, 6.07) is 12.8. The quantitative estimate of drug-likeness (QED) is 0.654. The Morgan fingerprint density at radius 1 is 1.18 bits per heavy atom. The van der Waals surface area contributed by atoms with E-state index in [2.05, 4.69) is 11.0 Å². The minimum atomic E-state index is -0.355. The van der Waals surface area contributed by atoms with Gasteiger partial charge in [0.05, 0.1) is 16.8 Å². The van der Waals surface area contributed by atoms with Crippen LogP contribution in [0.5, 0.6) is 0 Å². The van der Waals surface area contributed by atoms with Gasteiger partial charge in [0.25, 0.3) is 0 Å². The lowest BCUT2D eigenvalue weighted by atomic mass is 10.1. The van der Waals surface area contributed by atoms with Crippen LogP contribution >= 0.6 is 0 Å². The van der Waals surface area contributed by atoms with E-state index in [4.69, 9.17) is 0 Å². The Bertz CT molecular complexity index is 1070. The first-order valence-corrected chi connectivity index (χ1v) is 9.33. The summed E-state index contributed by atoms with van der Waals surface area (Å²) < 4.78 is 16.4. The van der Waals surface area contributed by atoms with Gasteiger partial charge in [-0.15, -0.1) is 0 Å². The predicted molar refractivity (Wildman–Crippen MR) is 106 cm³/mol.